The lowest BCUT2D eigenvalue weighted by Crippen LogP contribution is -2.38. The molecule has 1 aromatic rings. The molecule has 1 N–H and O–H groups in total. The number of hydrogen-bond acceptors (Lipinski definition) is 3. The predicted octanol–water partition coefficient (Wildman–Crippen LogP) is 2.18. The lowest BCUT2D eigenvalue weighted by molar-refractivity contribution is 0.145. The highest BCUT2D eigenvalue weighted by Crippen LogP contribution is 2.32. The second kappa shape index (κ2) is 7.04. The van der Waals surface area contributed by atoms with Gasteiger partial charge in [-0.25, -0.2) is 0 Å². The summed E-state index contributed by atoms with van der Waals surface area (Å²) >= 11 is 0. The highest BCUT2D eigenvalue weighted by Gasteiger charge is 2.34. The first-order valence-corrected chi connectivity index (χ1v) is 7.07. The molecule has 1 fully saturated rings. The molecular formula is C16H25NO2. The van der Waals surface area contributed by atoms with Crippen LogP contribution in [-0.2, 0) is 15.9 Å². The summed E-state index contributed by atoms with van der Waals surface area (Å²) in [5.41, 5.74) is 2.98. The van der Waals surface area contributed by atoms with E-state index in [9.17, 15) is 0 Å². The van der Waals surface area contributed by atoms with E-state index in [2.05, 4.69) is 36.5 Å². The van der Waals surface area contributed by atoms with Gasteiger partial charge in [0.15, 0.2) is 0 Å². The van der Waals surface area contributed by atoms with Crippen LogP contribution in [0.3, 0.4) is 0 Å². The molecule has 0 aliphatic carbocycles. The quantitative estimate of drug-likeness (QED) is 0.765. The Bertz CT molecular complexity index is 369. The molecule has 1 aliphatic heterocycles. The molecule has 0 amide bonds. The van der Waals surface area contributed by atoms with Gasteiger partial charge in [-0.3, -0.25) is 0 Å². The maximum absolute atomic E-state index is 5.64. The summed E-state index contributed by atoms with van der Waals surface area (Å²) in [6.45, 7) is 6.56. The van der Waals surface area contributed by atoms with Crippen LogP contribution in [-0.4, -0.2) is 40.0 Å². The van der Waals surface area contributed by atoms with Gasteiger partial charge in [0, 0.05) is 32.2 Å². The third-order valence-corrected chi connectivity index (χ3v) is 3.87. The largest absolute Gasteiger partial charge is 0.383 e. The molecule has 1 aromatic carbocycles. The molecule has 1 aliphatic rings. The van der Waals surface area contributed by atoms with E-state index >= 15 is 0 Å². The Kier molecular flexibility index (Phi) is 5.37. The summed E-state index contributed by atoms with van der Waals surface area (Å²) in [6.07, 6.45) is 2.23. The van der Waals surface area contributed by atoms with Crippen LogP contribution in [0, 0.1) is 12.3 Å². The Labute approximate surface area is 116 Å². The molecular weight excluding hydrogens is 238 g/mol. The molecule has 3 heteroatoms. The Morgan fingerprint density at radius 1 is 1.32 bits per heavy atom. The van der Waals surface area contributed by atoms with Gasteiger partial charge < -0.3 is 14.8 Å². The van der Waals surface area contributed by atoms with Gasteiger partial charge in [0.2, 0.25) is 0 Å². The minimum atomic E-state index is 0.253. The molecule has 0 radical (unpaired) electrons. The first-order valence-electron chi connectivity index (χ1n) is 7.07. The minimum absolute atomic E-state index is 0.253. The van der Waals surface area contributed by atoms with Gasteiger partial charge in [0.1, 0.15) is 0 Å². The highest BCUT2D eigenvalue weighted by atomic mass is 16.5. The van der Waals surface area contributed by atoms with E-state index in [1.807, 2.05) is 0 Å². The second-order valence-corrected chi connectivity index (χ2v) is 5.63. The van der Waals surface area contributed by atoms with Crippen LogP contribution < -0.4 is 5.32 Å². The fourth-order valence-corrected chi connectivity index (χ4v) is 2.66. The van der Waals surface area contributed by atoms with Crippen LogP contribution in [0.4, 0.5) is 0 Å². The molecule has 1 atom stereocenters. The second-order valence-electron chi connectivity index (χ2n) is 5.63. The van der Waals surface area contributed by atoms with E-state index in [4.69, 9.17) is 9.47 Å². The average molecular weight is 263 g/mol. The molecule has 1 unspecified atom stereocenters. The molecule has 0 saturated carbocycles. The van der Waals surface area contributed by atoms with Crippen molar-refractivity contribution in [2.75, 3.05) is 40.0 Å². The van der Waals surface area contributed by atoms with Crippen molar-refractivity contribution < 1.29 is 9.47 Å². The summed E-state index contributed by atoms with van der Waals surface area (Å²) in [5, 5.41) is 3.50. The maximum Gasteiger partial charge on any atom is 0.0587 e. The topological polar surface area (TPSA) is 30.5 Å². The Balaban J connectivity index is 1.93. The van der Waals surface area contributed by atoms with Gasteiger partial charge in [-0.2, -0.15) is 0 Å². The fraction of sp³-hybridized carbons (Fsp3) is 0.625. The highest BCUT2D eigenvalue weighted by molar-refractivity contribution is 5.22. The molecule has 2 rings (SSSR count). The van der Waals surface area contributed by atoms with Crippen LogP contribution in [0.5, 0.6) is 0 Å². The van der Waals surface area contributed by atoms with Crippen LogP contribution in [0.25, 0.3) is 0 Å². The number of rotatable bonds is 7. The van der Waals surface area contributed by atoms with Crippen LogP contribution in [0.15, 0.2) is 24.3 Å². The van der Waals surface area contributed by atoms with Gasteiger partial charge >= 0.3 is 0 Å². The fourth-order valence-electron chi connectivity index (χ4n) is 2.66. The zero-order chi connectivity index (χ0) is 13.6. The molecule has 106 valence electrons. The summed E-state index contributed by atoms with van der Waals surface area (Å²) in [4.78, 5) is 0. The van der Waals surface area contributed by atoms with E-state index < -0.39 is 0 Å². The molecule has 19 heavy (non-hydrogen) atoms. The van der Waals surface area contributed by atoms with E-state index in [-0.39, 0.29) is 5.41 Å². The number of ether oxygens (including phenoxy) is 2. The smallest absolute Gasteiger partial charge is 0.0587 e. The zero-order valence-corrected chi connectivity index (χ0v) is 12.1. The van der Waals surface area contributed by atoms with Gasteiger partial charge in [-0.05, 0) is 25.3 Å². The number of nitrogens with one attached hydrogen (secondary N) is 1. The zero-order valence-electron chi connectivity index (χ0n) is 12.1. The standard InChI is InChI=1S/C16H25NO2/c1-14-3-5-15(6-4-14)11-16(7-9-19-13-16)12-17-8-10-18-2/h3-6,17H,7-13H2,1-2H3. The van der Waals surface area contributed by atoms with Gasteiger partial charge in [0.05, 0.1) is 13.2 Å². The maximum atomic E-state index is 5.64. The molecule has 0 aromatic heterocycles. The number of aryl methyl sites for hydroxylation is 1. The minimum Gasteiger partial charge on any atom is -0.383 e. The number of benzene rings is 1. The normalized spacial score (nSPS) is 22.8. The van der Waals surface area contributed by atoms with Crippen molar-refractivity contribution in [1.29, 1.82) is 0 Å². The lowest BCUT2D eigenvalue weighted by atomic mass is 9.80. The summed E-state index contributed by atoms with van der Waals surface area (Å²) in [5.74, 6) is 0. The Morgan fingerprint density at radius 2 is 2.11 bits per heavy atom. The molecule has 0 spiro atoms. The van der Waals surface area contributed by atoms with Crippen molar-refractivity contribution in [2.24, 2.45) is 5.41 Å². The van der Waals surface area contributed by atoms with Crippen molar-refractivity contribution in [2.45, 2.75) is 19.8 Å². The van der Waals surface area contributed by atoms with E-state index in [1.54, 1.807) is 7.11 Å². The van der Waals surface area contributed by atoms with Crippen molar-refractivity contribution in [1.82, 2.24) is 5.32 Å². The summed E-state index contributed by atoms with van der Waals surface area (Å²) < 4.78 is 10.7. The van der Waals surface area contributed by atoms with Gasteiger partial charge in [0.25, 0.3) is 0 Å². The average Bonchev–Trinajstić information content (AvgIpc) is 2.87. The van der Waals surface area contributed by atoms with E-state index in [0.717, 1.165) is 45.8 Å². The van der Waals surface area contributed by atoms with Crippen molar-refractivity contribution in [3.63, 3.8) is 0 Å². The third-order valence-electron chi connectivity index (χ3n) is 3.87. The van der Waals surface area contributed by atoms with Gasteiger partial charge in [-0.15, -0.1) is 0 Å². The molecule has 3 nitrogen and oxygen atoms in total. The summed E-state index contributed by atoms with van der Waals surface area (Å²) in [6, 6.07) is 8.86. The number of methoxy groups -OCH3 is 1. The van der Waals surface area contributed by atoms with Crippen LogP contribution >= 0.6 is 0 Å². The van der Waals surface area contributed by atoms with E-state index in [1.165, 1.54) is 11.1 Å². The van der Waals surface area contributed by atoms with Crippen LogP contribution in [0.2, 0.25) is 0 Å². The number of hydrogen-bond donors (Lipinski definition) is 1. The SMILES string of the molecule is COCCNCC1(Cc2ccc(C)cc2)CCOC1. The molecule has 1 saturated heterocycles. The third kappa shape index (κ3) is 4.30. The first kappa shape index (κ1) is 14.5. The van der Waals surface area contributed by atoms with Crippen molar-refractivity contribution in [3.05, 3.63) is 35.4 Å². The lowest BCUT2D eigenvalue weighted by Gasteiger charge is -2.28. The monoisotopic (exact) mass is 263 g/mol. The van der Waals surface area contributed by atoms with E-state index in [0.29, 0.717) is 0 Å². The predicted molar refractivity (Wildman–Crippen MR) is 77.5 cm³/mol. The Morgan fingerprint density at radius 3 is 2.74 bits per heavy atom. The molecule has 1 heterocycles. The van der Waals surface area contributed by atoms with Crippen molar-refractivity contribution >= 4 is 0 Å². The Hall–Kier alpha value is -0.900. The summed E-state index contributed by atoms with van der Waals surface area (Å²) in [7, 11) is 1.74. The molecule has 0 bridgehead atoms. The van der Waals surface area contributed by atoms with Crippen molar-refractivity contribution in [3.8, 4) is 0 Å². The first-order chi connectivity index (χ1) is 9.24. The van der Waals surface area contributed by atoms with Crippen LogP contribution in [0.1, 0.15) is 17.5 Å². The van der Waals surface area contributed by atoms with Gasteiger partial charge in [-0.1, -0.05) is 29.8 Å².